The number of carboxylic acids is 1. The quantitative estimate of drug-likeness (QED) is 0.835. The highest BCUT2D eigenvalue weighted by Gasteiger charge is 2.33. The highest BCUT2D eigenvalue weighted by Crippen LogP contribution is 2.33. The fourth-order valence-electron chi connectivity index (χ4n) is 2.26. The van der Waals surface area contributed by atoms with E-state index in [1.165, 1.54) is 0 Å². The summed E-state index contributed by atoms with van der Waals surface area (Å²) in [5.41, 5.74) is -1.05. The van der Waals surface area contributed by atoms with E-state index in [0.717, 1.165) is 25.1 Å². The fraction of sp³-hybridized carbons (Fsp3) is 0.417. The standard InChI is InChI=1S/C12H13F2NO2/c1-12(3-2-4-15-12)8-6-9(13)7(11(16)17)5-10(8)14/h5-6,15H,2-4H2,1H3,(H,16,17). The largest absolute Gasteiger partial charge is 0.478 e. The number of carboxylic acid groups (broad SMARTS) is 1. The van der Waals surface area contributed by atoms with Crippen LogP contribution in [-0.2, 0) is 5.54 Å². The van der Waals surface area contributed by atoms with Crippen molar-refractivity contribution in [3.8, 4) is 0 Å². The van der Waals surface area contributed by atoms with Gasteiger partial charge in [-0.15, -0.1) is 0 Å². The molecular weight excluding hydrogens is 228 g/mol. The second kappa shape index (κ2) is 4.07. The van der Waals surface area contributed by atoms with E-state index < -0.39 is 28.7 Å². The molecule has 1 aliphatic rings. The average molecular weight is 241 g/mol. The molecular formula is C12H13F2NO2. The Morgan fingerprint density at radius 3 is 2.65 bits per heavy atom. The van der Waals surface area contributed by atoms with E-state index in [0.29, 0.717) is 6.42 Å². The smallest absolute Gasteiger partial charge is 0.338 e. The number of carbonyl (C=O) groups is 1. The Balaban J connectivity index is 2.50. The van der Waals surface area contributed by atoms with Crippen LogP contribution in [0.25, 0.3) is 0 Å². The molecule has 1 unspecified atom stereocenters. The van der Waals surface area contributed by atoms with Crippen LogP contribution in [0.5, 0.6) is 0 Å². The summed E-state index contributed by atoms with van der Waals surface area (Å²) in [6.07, 6.45) is 1.59. The molecule has 0 bridgehead atoms. The number of benzene rings is 1. The van der Waals surface area contributed by atoms with E-state index >= 15 is 0 Å². The highest BCUT2D eigenvalue weighted by molar-refractivity contribution is 5.88. The molecule has 1 aromatic carbocycles. The Hall–Kier alpha value is -1.49. The molecule has 2 rings (SSSR count). The Bertz CT molecular complexity index is 468. The lowest BCUT2D eigenvalue weighted by atomic mass is 9.89. The van der Waals surface area contributed by atoms with E-state index in [4.69, 9.17) is 5.11 Å². The maximum atomic E-state index is 13.8. The van der Waals surface area contributed by atoms with Gasteiger partial charge in [-0.2, -0.15) is 0 Å². The van der Waals surface area contributed by atoms with Crippen LogP contribution in [0.15, 0.2) is 12.1 Å². The third-order valence-electron chi connectivity index (χ3n) is 3.25. The zero-order chi connectivity index (χ0) is 12.6. The van der Waals surface area contributed by atoms with Gasteiger partial charge in [-0.1, -0.05) is 0 Å². The van der Waals surface area contributed by atoms with Crippen molar-refractivity contribution in [2.24, 2.45) is 0 Å². The van der Waals surface area contributed by atoms with E-state index in [1.54, 1.807) is 6.92 Å². The molecule has 1 aliphatic heterocycles. The van der Waals surface area contributed by atoms with E-state index in [1.807, 2.05) is 0 Å². The molecule has 92 valence electrons. The topological polar surface area (TPSA) is 49.3 Å². The number of halogens is 2. The monoisotopic (exact) mass is 241 g/mol. The predicted octanol–water partition coefficient (Wildman–Crippen LogP) is 2.26. The van der Waals surface area contributed by atoms with Gasteiger partial charge in [0.25, 0.3) is 0 Å². The zero-order valence-corrected chi connectivity index (χ0v) is 9.39. The minimum absolute atomic E-state index is 0.192. The molecule has 0 radical (unpaired) electrons. The van der Waals surface area contributed by atoms with Crippen LogP contribution in [0, 0.1) is 11.6 Å². The molecule has 17 heavy (non-hydrogen) atoms. The zero-order valence-electron chi connectivity index (χ0n) is 9.39. The summed E-state index contributed by atoms with van der Waals surface area (Å²) < 4.78 is 27.3. The normalized spacial score (nSPS) is 23.9. The van der Waals surface area contributed by atoms with Gasteiger partial charge >= 0.3 is 5.97 Å². The second-order valence-electron chi connectivity index (χ2n) is 4.48. The molecule has 0 aliphatic carbocycles. The molecule has 0 saturated carbocycles. The van der Waals surface area contributed by atoms with Gasteiger partial charge < -0.3 is 10.4 Å². The van der Waals surface area contributed by atoms with E-state index in [-0.39, 0.29) is 5.56 Å². The van der Waals surface area contributed by atoms with Crippen molar-refractivity contribution < 1.29 is 18.7 Å². The number of aromatic carboxylic acids is 1. The lowest BCUT2D eigenvalue weighted by Crippen LogP contribution is -2.34. The van der Waals surface area contributed by atoms with Gasteiger partial charge in [0, 0.05) is 11.1 Å². The third-order valence-corrected chi connectivity index (χ3v) is 3.25. The fourth-order valence-corrected chi connectivity index (χ4v) is 2.26. The summed E-state index contributed by atoms with van der Waals surface area (Å²) in [6, 6.07) is 1.73. The van der Waals surface area contributed by atoms with Crippen molar-refractivity contribution in [2.75, 3.05) is 6.54 Å². The second-order valence-corrected chi connectivity index (χ2v) is 4.48. The minimum atomic E-state index is -1.46. The molecule has 3 nitrogen and oxygen atoms in total. The first kappa shape index (κ1) is 12.0. The number of hydrogen-bond donors (Lipinski definition) is 2. The molecule has 1 fully saturated rings. The first-order valence-corrected chi connectivity index (χ1v) is 5.42. The lowest BCUT2D eigenvalue weighted by Gasteiger charge is -2.25. The number of rotatable bonds is 2. The van der Waals surface area contributed by atoms with Gasteiger partial charge in [0.15, 0.2) is 0 Å². The van der Waals surface area contributed by atoms with Crippen molar-refractivity contribution >= 4 is 5.97 Å². The molecule has 2 N–H and O–H groups in total. The Kier molecular flexibility index (Phi) is 2.87. The summed E-state index contributed by atoms with van der Waals surface area (Å²) in [4.78, 5) is 10.7. The van der Waals surface area contributed by atoms with Crippen LogP contribution in [0.1, 0.15) is 35.7 Å². The molecule has 0 amide bonds. The molecule has 1 saturated heterocycles. The first-order valence-electron chi connectivity index (χ1n) is 5.42. The van der Waals surface area contributed by atoms with Crippen LogP contribution in [-0.4, -0.2) is 17.6 Å². The SMILES string of the molecule is CC1(c2cc(F)c(C(=O)O)cc2F)CCCN1. The minimum Gasteiger partial charge on any atom is -0.478 e. The van der Waals surface area contributed by atoms with Gasteiger partial charge in [-0.05, 0) is 38.4 Å². The van der Waals surface area contributed by atoms with Crippen LogP contribution in [0.2, 0.25) is 0 Å². The van der Waals surface area contributed by atoms with Gasteiger partial charge in [0.1, 0.15) is 11.6 Å². The van der Waals surface area contributed by atoms with Crippen LogP contribution in [0.4, 0.5) is 8.78 Å². The lowest BCUT2D eigenvalue weighted by molar-refractivity contribution is 0.0691. The maximum Gasteiger partial charge on any atom is 0.338 e. The Morgan fingerprint density at radius 1 is 1.41 bits per heavy atom. The first-order chi connectivity index (χ1) is 7.94. The molecule has 0 aromatic heterocycles. The van der Waals surface area contributed by atoms with E-state index in [9.17, 15) is 13.6 Å². The van der Waals surface area contributed by atoms with Crippen LogP contribution < -0.4 is 5.32 Å². The van der Waals surface area contributed by atoms with E-state index in [2.05, 4.69) is 5.32 Å². The molecule has 1 atom stereocenters. The summed E-state index contributed by atoms with van der Waals surface area (Å²) in [7, 11) is 0. The van der Waals surface area contributed by atoms with Gasteiger partial charge in [0.2, 0.25) is 0 Å². The van der Waals surface area contributed by atoms with Crippen molar-refractivity contribution in [2.45, 2.75) is 25.3 Å². The number of hydrogen-bond acceptors (Lipinski definition) is 2. The molecule has 5 heteroatoms. The Morgan fingerprint density at radius 2 is 2.12 bits per heavy atom. The molecule has 0 spiro atoms. The third kappa shape index (κ3) is 2.02. The molecule has 1 aromatic rings. The summed E-state index contributed by atoms with van der Waals surface area (Å²) >= 11 is 0. The molecule has 1 heterocycles. The maximum absolute atomic E-state index is 13.8. The van der Waals surface area contributed by atoms with Gasteiger partial charge in [-0.3, -0.25) is 0 Å². The summed E-state index contributed by atoms with van der Waals surface area (Å²) in [5, 5.41) is 11.8. The van der Waals surface area contributed by atoms with Crippen LogP contribution >= 0.6 is 0 Å². The summed E-state index contributed by atoms with van der Waals surface area (Å²) in [5.74, 6) is -3.04. The van der Waals surface area contributed by atoms with Crippen LogP contribution in [0.3, 0.4) is 0 Å². The Labute approximate surface area is 97.5 Å². The van der Waals surface area contributed by atoms with Crippen molar-refractivity contribution in [1.29, 1.82) is 0 Å². The van der Waals surface area contributed by atoms with Crippen molar-refractivity contribution in [1.82, 2.24) is 5.32 Å². The average Bonchev–Trinajstić information content (AvgIpc) is 2.69. The highest BCUT2D eigenvalue weighted by atomic mass is 19.1. The predicted molar refractivity (Wildman–Crippen MR) is 57.9 cm³/mol. The van der Waals surface area contributed by atoms with Crippen molar-refractivity contribution in [3.63, 3.8) is 0 Å². The van der Waals surface area contributed by atoms with Gasteiger partial charge in [0.05, 0.1) is 5.56 Å². The van der Waals surface area contributed by atoms with Crippen molar-refractivity contribution in [3.05, 3.63) is 34.9 Å². The number of nitrogens with one attached hydrogen (secondary N) is 1. The summed E-state index contributed by atoms with van der Waals surface area (Å²) in [6.45, 7) is 2.54. The van der Waals surface area contributed by atoms with Gasteiger partial charge in [-0.25, -0.2) is 13.6 Å².